The number of hydrogen-bond donors (Lipinski definition) is 2. The maximum absolute atomic E-state index is 4.33. The van der Waals surface area contributed by atoms with E-state index < -0.39 is 0 Å². The van der Waals surface area contributed by atoms with Gasteiger partial charge in [-0.05, 0) is 55.5 Å². The average Bonchev–Trinajstić information content (AvgIpc) is 3.22. The van der Waals surface area contributed by atoms with Gasteiger partial charge in [-0.25, -0.2) is 4.68 Å². The summed E-state index contributed by atoms with van der Waals surface area (Å²) >= 11 is 0. The van der Waals surface area contributed by atoms with E-state index in [4.69, 9.17) is 0 Å². The molecule has 0 bridgehead atoms. The molecule has 2 N–H and O–H groups in total. The van der Waals surface area contributed by atoms with E-state index in [1.54, 1.807) is 6.20 Å². The molecule has 154 valence electrons. The highest BCUT2D eigenvalue weighted by Gasteiger charge is 2.15. The van der Waals surface area contributed by atoms with E-state index >= 15 is 0 Å². The molecule has 0 spiro atoms. The Morgan fingerprint density at radius 2 is 2.00 bits per heavy atom. The van der Waals surface area contributed by atoms with Gasteiger partial charge in [0.2, 0.25) is 0 Å². The van der Waals surface area contributed by atoms with E-state index in [2.05, 4.69) is 56.8 Å². The van der Waals surface area contributed by atoms with Crippen molar-refractivity contribution < 1.29 is 0 Å². The highest BCUT2D eigenvalue weighted by Crippen LogP contribution is 2.14. The third kappa shape index (κ3) is 7.09. The molecule has 1 unspecified atom stereocenters. The molecule has 1 aliphatic heterocycles. The van der Waals surface area contributed by atoms with Gasteiger partial charge in [0.1, 0.15) is 0 Å². The van der Waals surface area contributed by atoms with E-state index in [9.17, 15) is 0 Å². The molecular formula is C21H33IN6. The summed E-state index contributed by atoms with van der Waals surface area (Å²) in [5.74, 6) is 1.71. The van der Waals surface area contributed by atoms with Crippen molar-refractivity contribution in [1.82, 2.24) is 25.3 Å². The fourth-order valence-electron chi connectivity index (χ4n) is 3.60. The zero-order valence-corrected chi connectivity index (χ0v) is 19.3. The number of nitrogens with one attached hydrogen (secondary N) is 2. The highest BCUT2D eigenvalue weighted by atomic mass is 127. The van der Waals surface area contributed by atoms with Gasteiger partial charge < -0.3 is 15.5 Å². The predicted molar refractivity (Wildman–Crippen MR) is 127 cm³/mol. The van der Waals surface area contributed by atoms with E-state index in [0.29, 0.717) is 0 Å². The number of aromatic nitrogens is 2. The Hall–Kier alpha value is -1.61. The lowest BCUT2D eigenvalue weighted by atomic mass is 10.0. The van der Waals surface area contributed by atoms with Crippen LogP contribution in [-0.4, -0.2) is 60.4 Å². The van der Waals surface area contributed by atoms with Gasteiger partial charge in [-0.1, -0.05) is 19.1 Å². The second-order valence-electron chi connectivity index (χ2n) is 7.34. The number of rotatable bonds is 7. The number of likely N-dealkylation sites (tertiary alicyclic amines) is 1. The Balaban J connectivity index is 0.00000280. The fourth-order valence-corrected chi connectivity index (χ4v) is 3.60. The monoisotopic (exact) mass is 496 g/mol. The van der Waals surface area contributed by atoms with Crippen molar-refractivity contribution in [2.45, 2.75) is 26.2 Å². The van der Waals surface area contributed by atoms with Crippen molar-refractivity contribution in [3.63, 3.8) is 0 Å². The molecule has 2 heterocycles. The Morgan fingerprint density at radius 3 is 2.68 bits per heavy atom. The fraction of sp³-hybridized carbons (Fsp3) is 0.524. The van der Waals surface area contributed by atoms with Crippen LogP contribution in [0.3, 0.4) is 0 Å². The SMILES string of the molecule is CN=C(NCCc1ccc(-n2cccn2)cc1)NCCN1CCCC(C)C1.I. The molecule has 1 aliphatic rings. The van der Waals surface area contributed by atoms with E-state index in [1.165, 1.54) is 31.5 Å². The van der Waals surface area contributed by atoms with Crippen LogP contribution in [0, 0.1) is 5.92 Å². The Bertz CT molecular complexity index is 698. The maximum atomic E-state index is 4.33. The number of aliphatic imine (C=N–C) groups is 1. The lowest BCUT2D eigenvalue weighted by molar-refractivity contribution is 0.187. The second kappa shape index (κ2) is 12.1. The predicted octanol–water partition coefficient (Wildman–Crippen LogP) is 2.93. The van der Waals surface area contributed by atoms with Crippen LogP contribution in [0.1, 0.15) is 25.3 Å². The molecule has 0 aliphatic carbocycles. The quantitative estimate of drug-likeness (QED) is 0.352. The highest BCUT2D eigenvalue weighted by molar-refractivity contribution is 14.0. The van der Waals surface area contributed by atoms with Gasteiger partial charge in [0.15, 0.2) is 5.96 Å². The number of piperidine rings is 1. The van der Waals surface area contributed by atoms with Crippen LogP contribution in [0.25, 0.3) is 5.69 Å². The van der Waals surface area contributed by atoms with Gasteiger partial charge in [-0.15, -0.1) is 24.0 Å². The lowest BCUT2D eigenvalue weighted by Gasteiger charge is -2.30. The molecule has 28 heavy (non-hydrogen) atoms. The molecule has 1 atom stereocenters. The van der Waals surface area contributed by atoms with Gasteiger partial charge in [0.05, 0.1) is 5.69 Å². The molecular weight excluding hydrogens is 463 g/mol. The first-order chi connectivity index (χ1) is 13.2. The van der Waals surface area contributed by atoms with E-state index in [0.717, 1.165) is 43.6 Å². The number of hydrogen-bond acceptors (Lipinski definition) is 3. The van der Waals surface area contributed by atoms with Gasteiger partial charge in [-0.3, -0.25) is 4.99 Å². The third-order valence-corrected chi connectivity index (χ3v) is 5.10. The first-order valence-electron chi connectivity index (χ1n) is 10.0. The topological polar surface area (TPSA) is 57.5 Å². The minimum absolute atomic E-state index is 0. The van der Waals surface area contributed by atoms with Crippen LogP contribution >= 0.6 is 24.0 Å². The zero-order valence-electron chi connectivity index (χ0n) is 17.0. The van der Waals surface area contributed by atoms with E-state index in [-0.39, 0.29) is 24.0 Å². The summed E-state index contributed by atoms with van der Waals surface area (Å²) in [4.78, 5) is 6.88. The second-order valence-corrected chi connectivity index (χ2v) is 7.34. The Labute approximate surface area is 185 Å². The number of guanidine groups is 1. The summed E-state index contributed by atoms with van der Waals surface area (Å²) in [7, 11) is 1.83. The molecule has 7 heteroatoms. The third-order valence-electron chi connectivity index (χ3n) is 5.10. The molecule has 1 aromatic heterocycles. The van der Waals surface area contributed by atoms with Crippen molar-refractivity contribution in [1.29, 1.82) is 0 Å². The largest absolute Gasteiger partial charge is 0.356 e. The number of benzene rings is 1. The average molecular weight is 496 g/mol. The number of halogens is 1. The summed E-state index contributed by atoms with van der Waals surface area (Å²) in [6, 6.07) is 10.5. The van der Waals surface area contributed by atoms with Gasteiger partial charge in [-0.2, -0.15) is 5.10 Å². The van der Waals surface area contributed by atoms with Crippen LogP contribution in [0.2, 0.25) is 0 Å². The normalized spacial score (nSPS) is 17.8. The first kappa shape index (κ1) is 22.7. The molecule has 3 rings (SSSR count). The van der Waals surface area contributed by atoms with Crippen molar-refractivity contribution in [3.05, 3.63) is 48.3 Å². The van der Waals surface area contributed by atoms with Gasteiger partial charge >= 0.3 is 0 Å². The molecule has 6 nitrogen and oxygen atoms in total. The Morgan fingerprint density at radius 1 is 1.21 bits per heavy atom. The van der Waals surface area contributed by atoms with Crippen LogP contribution in [0.15, 0.2) is 47.7 Å². The Kier molecular flexibility index (Phi) is 9.77. The van der Waals surface area contributed by atoms with Crippen molar-refractivity contribution in [2.75, 3.05) is 39.8 Å². The number of nitrogens with zero attached hydrogens (tertiary/aromatic N) is 4. The van der Waals surface area contributed by atoms with Crippen molar-refractivity contribution in [3.8, 4) is 5.69 Å². The van der Waals surface area contributed by atoms with Gasteiger partial charge in [0, 0.05) is 45.6 Å². The minimum atomic E-state index is 0. The molecule has 0 radical (unpaired) electrons. The molecule has 1 fully saturated rings. The summed E-state index contributed by atoms with van der Waals surface area (Å²) < 4.78 is 1.87. The lowest BCUT2D eigenvalue weighted by Crippen LogP contribution is -2.44. The van der Waals surface area contributed by atoms with Crippen molar-refractivity contribution >= 4 is 29.9 Å². The van der Waals surface area contributed by atoms with Crippen LogP contribution < -0.4 is 10.6 Å². The van der Waals surface area contributed by atoms with E-state index in [1.807, 2.05) is 24.0 Å². The summed E-state index contributed by atoms with van der Waals surface area (Å²) in [5, 5.41) is 11.1. The van der Waals surface area contributed by atoms with Crippen LogP contribution in [0.5, 0.6) is 0 Å². The van der Waals surface area contributed by atoms with Crippen molar-refractivity contribution in [2.24, 2.45) is 10.9 Å². The van der Waals surface area contributed by atoms with Crippen LogP contribution in [-0.2, 0) is 6.42 Å². The zero-order chi connectivity index (χ0) is 18.9. The first-order valence-corrected chi connectivity index (χ1v) is 10.0. The standard InChI is InChI=1S/C21H32N6.HI/c1-18-5-3-14-26(17-18)16-13-24-21(22-2)23-12-10-19-6-8-20(9-7-19)27-15-4-11-25-27;/h4,6-9,11,15,18H,3,5,10,12-14,16-17H2,1-2H3,(H2,22,23,24);1H. The molecule has 1 aromatic carbocycles. The summed E-state index contributed by atoms with van der Waals surface area (Å²) in [6.07, 6.45) is 7.41. The molecule has 0 saturated carbocycles. The smallest absolute Gasteiger partial charge is 0.191 e. The maximum Gasteiger partial charge on any atom is 0.191 e. The van der Waals surface area contributed by atoms with Gasteiger partial charge in [0.25, 0.3) is 0 Å². The van der Waals surface area contributed by atoms with Crippen LogP contribution in [0.4, 0.5) is 0 Å². The summed E-state index contributed by atoms with van der Waals surface area (Å²) in [5.41, 5.74) is 2.39. The molecule has 1 saturated heterocycles. The molecule has 0 amide bonds. The summed E-state index contributed by atoms with van der Waals surface area (Å²) in [6.45, 7) is 7.68. The molecule has 2 aromatic rings. The minimum Gasteiger partial charge on any atom is -0.356 e.